The quantitative estimate of drug-likeness (QED) is 0.778. The van der Waals surface area contributed by atoms with E-state index in [0.717, 1.165) is 6.20 Å². The molecule has 0 saturated heterocycles. The van der Waals surface area contributed by atoms with Crippen LogP contribution < -0.4 is 5.73 Å². The molecule has 2 aromatic heterocycles. The highest BCUT2D eigenvalue weighted by atomic mass is 19.1. The lowest BCUT2D eigenvalue weighted by Crippen LogP contribution is -1.90. The summed E-state index contributed by atoms with van der Waals surface area (Å²) in [5.74, 6) is -0.473. The number of aromatic nitrogens is 2. The van der Waals surface area contributed by atoms with Crippen molar-refractivity contribution in [2.75, 3.05) is 5.73 Å². The molecular weight excluding hydrogens is 264 g/mol. The molecule has 0 aliphatic heterocycles. The second-order valence-electron chi connectivity index (χ2n) is 4.14. The predicted octanol–water partition coefficient (Wildman–Crippen LogP) is 3.26. The van der Waals surface area contributed by atoms with Crippen LogP contribution in [0, 0.1) is 11.6 Å². The molecule has 0 spiro atoms. The van der Waals surface area contributed by atoms with E-state index in [1.165, 1.54) is 24.3 Å². The maximum Gasteiger partial charge on any atom is 0.195 e. The summed E-state index contributed by atoms with van der Waals surface area (Å²) in [7, 11) is 0. The number of hydrogen-bond donors (Lipinski definition) is 1. The minimum Gasteiger partial charge on any atom is -0.380 e. The first-order chi connectivity index (χ1) is 9.65. The van der Waals surface area contributed by atoms with Crippen molar-refractivity contribution >= 4 is 5.82 Å². The molecule has 2 N–H and O–H groups in total. The number of pyridine rings is 1. The predicted molar refractivity (Wildman–Crippen MR) is 69.5 cm³/mol. The largest absolute Gasteiger partial charge is 0.380 e. The maximum atomic E-state index is 13.3. The zero-order valence-electron chi connectivity index (χ0n) is 10.2. The van der Waals surface area contributed by atoms with Crippen LogP contribution in [0.3, 0.4) is 0 Å². The Balaban J connectivity index is 2.17. The summed E-state index contributed by atoms with van der Waals surface area (Å²) >= 11 is 0. The van der Waals surface area contributed by atoms with Crippen molar-refractivity contribution in [2.24, 2.45) is 0 Å². The molecule has 4 nitrogen and oxygen atoms in total. The van der Waals surface area contributed by atoms with Crippen molar-refractivity contribution in [1.29, 1.82) is 0 Å². The van der Waals surface area contributed by atoms with Gasteiger partial charge >= 0.3 is 0 Å². The zero-order chi connectivity index (χ0) is 14.1. The second-order valence-corrected chi connectivity index (χ2v) is 4.14. The lowest BCUT2D eigenvalue weighted by Gasteiger charge is -2.02. The number of anilines is 1. The van der Waals surface area contributed by atoms with Gasteiger partial charge in [-0.3, -0.25) is 0 Å². The first kappa shape index (κ1) is 12.3. The minimum atomic E-state index is -0.464. The van der Waals surface area contributed by atoms with Crippen molar-refractivity contribution in [3.05, 3.63) is 54.2 Å². The number of hydrogen-bond acceptors (Lipinski definition) is 4. The van der Waals surface area contributed by atoms with Gasteiger partial charge in [-0.1, -0.05) is 17.3 Å². The van der Waals surface area contributed by atoms with Crippen LogP contribution in [0.1, 0.15) is 0 Å². The van der Waals surface area contributed by atoms with Gasteiger partial charge in [0.25, 0.3) is 0 Å². The van der Waals surface area contributed by atoms with Crippen LogP contribution in [-0.2, 0) is 0 Å². The molecule has 0 atom stereocenters. The SMILES string of the molecule is Nc1noc(-c2ccc(F)cn2)c1-c1cccc(F)c1. The molecular formula is C14H9F2N3O. The maximum absolute atomic E-state index is 13.3. The van der Waals surface area contributed by atoms with Crippen molar-refractivity contribution in [3.8, 4) is 22.6 Å². The average molecular weight is 273 g/mol. The van der Waals surface area contributed by atoms with Crippen LogP contribution in [0.25, 0.3) is 22.6 Å². The molecule has 100 valence electrons. The molecule has 0 radical (unpaired) electrons. The van der Waals surface area contributed by atoms with Crippen molar-refractivity contribution < 1.29 is 13.3 Å². The van der Waals surface area contributed by atoms with E-state index in [2.05, 4.69) is 10.1 Å². The smallest absolute Gasteiger partial charge is 0.195 e. The highest BCUT2D eigenvalue weighted by Gasteiger charge is 2.19. The lowest BCUT2D eigenvalue weighted by molar-refractivity contribution is 0.434. The van der Waals surface area contributed by atoms with Gasteiger partial charge in [-0.05, 0) is 29.8 Å². The normalized spacial score (nSPS) is 10.7. The molecule has 1 aromatic carbocycles. The molecule has 0 bridgehead atoms. The van der Waals surface area contributed by atoms with Gasteiger partial charge < -0.3 is 10.3 Å². The van der Waals surface area contributed by atoms with Crippen LogP contribution in [0.5, 0.6) is 0 Å². The van der Waals surface area contributed by atoms with Gasteiger partial charge in [-0.2, -0.15) is 0 Å². The Morgan fingerprint density at radius 2 is 1.90 bits per heavy atom. The Bertz CT molecular complexity index is 753. The Hall–Kier alpha value is -2.76. The number of halogens is 2. The molecule has 0 unspecified atom stereocenters. The Kier molecular flexibility index (Phi) is 2.90. The average Bonchev–Trinajstić information content (AvgIpc) is 2.81. The summed E-state index contributed by atoms with van der Waals surface area (Å²) in [4.78, 5) is 3.91. The third kappa shape index (κ3) is 2.11. The van der Waals surface area contributed by atoms with Crippen molar-refractivity contribution in [3.63, 3.8) is 0 Å². The summed E-state index contributed by atoms with van der Waals surface area (Å²) in [6, 6.07) is 8.56. The number of nitrogens with zero attached hydrogens (tertiary/aromatic N) is 2. The number of rotatable bonds is 2. The van der Waals surface area contributed by atoms with Gasteiger partial charge in [0.2, 0.25) is 0 Å². The van der Waals surface area contributed by atoms with Gasteiger partial charge in [-0.25, -0.2) is 13.8 Å². The molecule has 20 heavy (non-hydrogen) atoms. The molecule has 3 aromatic rings. The summed E-state index contributed by atoms with van der Waals surface area (Å²) in [6.07, 6.45) is 1.06. The van der Waals surface area contributed by atoms with Gasteiger partial charge in [0.05, 0.1) is 11.8 Å². The fourth-order valence-corrected chi connectivity index (χ4v) is 1.91. The van der Waals surface area contributed by atoms with Crippen LogP contribution in [0.2, 0.25) is 0 Å². The van der Waals surface area contributed by atoms with Gasteiger partial charge in [-0.15, -0.1) is 0 Å². The summed E-state index contributed by atoms with van der Waals surface area (Å²) in [5, 5.41) is 3.67. The molecule has 3 rings (SSSR count). The Morgan fingerprint density at radius 3 is 2.60 bits per heavy atom. The molecule has 6 heteroatoms. The first-order valence-corrected chi connectivity index (χ1v) is 5.78. The molecule has 0 fully saturated rings. The highest BCUT2D eigenvalue weighted by molar-refractivity contribution is 5.85. The van der Waals surface area contributed by atoms with Crippen LogP contribution in [-0.4, -0.2) is 10.1 Å². The summed E-state index contributed by atoms with van der Waals surface area (Å²) in [5.41, 5.74) is 7.08. The van der Waals surface area contributed by atoms with Gasteiger partial charge in [0.15, 0.2) is 11.6 Å². The fraction of sp³-hybridized carbons (Fsp3) is 0. The third-order valence-corrected chi connectivity index (χ3v) is 2.79. The van der Waals surface area contributed by atoms with E-state index in [1.807, 2.05) is 0 Å². The number of benzene rings is 1. The lowest BCUT2D eigenvalue weighted by atomic mass is 10.0. The summed E-state index contributed by atoms with van der Waals surface area (Å²) < 4.78 is 31.4. The third-order valence-electron chi connectivity index (χ3n) is 2.79. The van der Waals surface area contributed by atoms with E-state index in [1.54, 1.807) is 12.1 Å². The van der Waals surface area contributed by atoms with Crippen LogP contribution in [0.15, 0.2) is 47.1 Å². The highest BCUT2D eigenvalue weighted by Crippen LogP contribution is 2.35. The van der Waals surface area contributed by atoms with Crippen LogP contribution in [0.4, 0.5) is 14.6 Å². The monoisotopic (exact) mass is 273 g/mol. The van der Waals surface area contributed by atoms with Crippen LogP contribution >= 0.6 is 0 Å². The number of nitrogens with two attached hydrogens (primary N) is 1. The minimum absolute atomic E-state index is 0.122. The van der Waals surface area contributed by atoms with Gasteiger partial charge in [0.1, 0.15) is 17.3 Å². The van der Waals surface area contributed by atoms with E-state index >= 15 is 0 Å². The molecule has 0 aliphatic carbocycles. The van der Waals surface area contributed by atoms with E-state index in [9.17, 15) is 8.78 Å². The topological polar surface area (TPSA) is 64.9 Å². The molecule has 0 saturated carbocycles. The molecule has 2 heterocycles. The molecule has 0 amide bonds. The van der Waals surface area contributed by atoms with Gasteiger partial charge in [0, 0.05) is 0 Å². The van der Waals surface area contributed by atoms with E-state index in [-0.39, 0.29) is 11.6 Å². The Morgan fingerprint density at radius 1 is 1.05 bits per heavy atom. The second kappa shape index (κ2) is 4.73. The van der Waals surface area contributed by atoms with Crippen molar-refractivity contribution in [1.82, 2.24) is 10.1 Å². The first-order valence-electron chi connectivity index (χ1n) is 5.78. The van der Waals surface area contributed by atoms with E-state index < -0.39 is 11.6 Å². The van der Waals surface area contributed by atoms with Crippen molar-refractivity contribution in [2.45, 2.75) is 0 Å². The zero-order valence-corrected chi connectivity index (χ0v) is 10.2. The molecule has 0 aliphatic rings. The standard InChI is InChI=1S/C14H9F2N3O/c15-9-3-1-2-8(6-9)12-13(20-19-14(12)17)11-5-4-10(16)7-18-11/h1-7H,(H2,17,19). The fourth-order valence-electron chi connectivity index (χ4n) is 1.91. The summed E-state index contributed by atoms with van der Waals surface area (Å²) in [6.45, 7) is 0. The van der Waals surface area contributed by atoms with E-state index in [4.69, 9.17) is 10.3 Å². The number of nitrogen functional groups attached to an aromatic ring is 1. The van der Waals surface area contributed by atoms with E-state index in [0.29, 0.717) is 16.8 Å². The Labute approximate surface area is 112 Å².